The fourth-order valence-corrected chi connectivity index (χ4v) is 2.13. The fraction of sp³-hybridized carbons (Fsp3) is 0.308. The van der Waals surface area contributed by atoms with E-state index in [0.29, 0.717) is 21.8 Å². The number of ether oxygens (including phenoxy) is 1. The molecule has 2 N–H and O–H groups in total. The summed E-state index contributed by atoms with van der Waals surface area (Å²) in [6.45, 7) is 2.06. The number of benzene rings is 1. The zero-order valence-electron chi connectivity index (χ0n) is 10.8. The van der Waals surface area contributed by atoms with E-state index >= 15 is 0 Å². The summed E-state index contributed by atoms with van der Waals surface area (Å²) >= 11 is 3.12. The predicted octanol–water partition coefficient (Wildman–Crippen LogP) is 3.65. The van der Waals surface area contributed by atoms with Gasteiger partial charge in [-0.1, -0.05) is 13.3 Å². The smallest absolute Gasteiger partial charge is 0.241 e. The number of anilines is 1. The second-order valence-corrected chi connectivity index (χ2v) is 5.07. The van der Waals surface area contributed by atoms with Gasteiger partial charge in [-0.2, -0.15) is 5.10 Å². The van der Waals surface area contributed by atoms with Crippen LogP contribution in [0.2, 0.25) is 0 Å². The standard InChI is InChI=1S/C13H15BrFN3O/c1-3-4-11-12(16)13(18(2)17-11)19-8-5-6-10(15)9(14)7-8/h5-7H,3-4,16H2,1-2H3. The molecular weight excluding hydrogens is 313 g/mol. The minimum Gasteiger partial charge on any atom is -0.437 e. The van der Waals surface area contributed by atoms with Crippen molar-refractivity contribution in [2.75, 3.05) is 5.73 Å². The van der Waals surface area contributed by atoms with Crippen molar-refractivity contribution >= 4 is 21.6 Å². The Morgan fingerprint density at radius 1 is 1.47 bits per heavy atom. The summed E-state index contributed by atoms with van der Waals surface area (Å²) in [5.74, 6) is 0.644. The van der Waals surface area contributed by atoms with Crippen molar-refractivity contribution in [2.24, 2.45) is 7.05 Å². The first-order valence-electron chi connectivity index (χ1n) is 5.97. The van der Waals surface area contributed by atoms with E-state index in [-0.39, 0.29) is 5.82 Å². The van der Waals surface area contributed by atoms with E-state index in [1.54, 1.807) is 23.9 Å². The van der Waals surface area contributed by atoms with Gasteiger partial charge in [-0.05, 0) is 40.5 Å². The molecule has 0 saturated carbocycles. The average molecular weight is 328 g/mol. The highest BCUT2D eigenvalue weighted by atomic mass is 79.9. The third-order valence-electron chi connectivity index (χ3n) is 2.70. The van der Waals surface area contributed by atoms with Crippen molar-refractivity contribution in [3.63, 3.8) is 0 Å². The van der Waals surface area contributed by atoms with Crippen LogP contribution >= 0.6 is 15.9 Å². The molecule has 0 unspecified atom stereocenters. The molecule has 2 aromatic rings. The predicted molar refractivity (Wildman–Crippen MR) is 75.8 cm³/mol. The topological polar surface area (TPSA) is 53.1 Å². The van der Waals surface area contributed by atoms with Crippen LogP contribution in [-0.4, -0.2) is 9.78 Å². The maximum absolute atomic E-state index is 13.2. The monoisotopic (exact) mass is 327 g/mol. The highest BCUT2D eigenvalue weighted by Gasteiger charge is 2.15. The van der Waals surface area contributed by atoms with E-state index in [9.17, 15) is 4.39 Å². The Kier molecular flexibility index (Phi) is 4.09. The van der Waals surface area contributed by atoms with Gasteiger partial charge in [0.15, 0.2) is 0 Å². The molecule has 1 heterocycles. The highest BCUT2D eigenvalue weighted by molar-refractivity contribution is 9.10. The lowest BCUT2D eigenvalue weighted by Gasteiger charge is -2.07. The second kappa shape index (κ2) is 5.61. The van der Waals surface area contributed by atoms with E-state index in [0.717, 1.165) is 18.5 Å². The molecule has 4 nitrogen and oxygen atoms in total. The van der Waals surface area contributed by atoms with Crippen molar-refractivity contribution in [2.45, 2.75) is 19.8 Å². The summed E-state index contributed by atoms with van der Waals surface area (Å²) in [6, 6.07) is 4.44. The van der Waals surface area contributed by atoms with Crippen molar-refractivity contribution in [1.82, 2.24) is 9.78 Å². The number of aryl methyl sites for hydroxylation is 2. The number of aromatic nitrogens is 2. The minimum atomic E-state index is -0.336. The molecule has 0 aliphatic carbocycles. The molecule has 0 spiro atoms. The number of nitrogens with zero attached hydrogens (tertiary/aromatic N) is 2. The van der Waals surface area contributed by atoms with Crippen LogP contribution in [0.3, 0.4) is 0 Å². The maximum atomic E-state index is 13.2. The molecule has 0 radical (unpaired) electrons. The fourth-order valence-electron chi connectivity index (χ4n) is 1.77. The van der Waals surface area contributed by atoms with Gasteiger partial charge in [-0.15, -0.1) is 0 Å². The molecule has 0 bridgehead atoms. The molecule has 0 amide bonds. The first-order valence-corrected chi connectivity index (χ1v) is 6.76. The summed E-state index contributed by atoms with van der Waals surface area (Å²) in [6.07, 6.45) is 1.76. The van der Waals surface area contributed by atoms with Gasteiger partial charge in [0, 0.05) is 7.05 Å². The Labute approximate surface area is 119 Å². The molecule has 0 fully saturated rings. The van der Waals surface area contributed by atoms with Crippen LogP contribution in [0.5, 0.6) is 11.6 Å². The molecule has 0 saturated heterocycles. The number of hydrogen-bond acceptors (Lipinski definition) is 3. The lowest BCUT2D eigenvalue weighted by atomic mass is 10.2. The van der Waals surface area contributed by atoms with E-state index in [4.69, 9.17) is 10.5 Å². The molecule has 1 aromatic heterocycles. The van der Waals surface area contributed by atoms with Crippen LogP contribution in [0.4, 0.5) is 10.1 Å². The molecule has 0 aliphatic heterocycles. The number of rotatable bonds is 4. The molecule has 102 valence electrons. The third-order valence-corrected chi connectivity index (χ3v) is 3.31. The zero-order chi connectivity index (χ0) is 14.0. The minimum absolute atomic E-state index is 0.336. The molecule has 6 heteroatoms. The van der Waals surface area contributed by atoms with Crippen molar-refractivity contribution in [1.29, 1.82) is 0 Å². The summed E-state index contributed by atoms with van der Waals surface area (Å²) < 4.78 is 20.8. The zero-order valence-corrected chi connectivity index (χ0v) is 12.4. The van der Waals surface area contributed by atoms with Gasteiger partial charge in [0.05, 0.1) is 10.2 Å². The summed E-state index contributed by atoms with van der Waals surface area (Å²) in [5, 5.41) is 4.32. The molecule has 0 atom stereocenters. The highest BCUT2D eigenvalue weighted by Crippen LogP contribution is 2.31. The van der Waals surface area contributed by atoms with E-state index in [1.165, 1.54) is 6.07 Å². The molecule has 19 heavy (non-hydrogen) atoms. The van der Waals surface area contributed by atoms with Gasteiger partial charge < -0.3 is 10.5 Å². The molecule has 0 aliphatic rings. The van der Waals surface area contributed by atoms with Crippen molar-refractivity contribution < 1.29 is 9.13 Å². The summed E-state index contributed by atoms with van der Waals surface area (Å²) in [5.41, 5.74) is 7.36. The first kappa shape index (κ1) is 13.9. The Hall–Kier alpha value is -1.56. The quantitative estimate of drug-likeness (QED) is 0.932. The van der Waals surface area contributed by atoms with Gasteiger partial charge in [0.25, 0.3) is 0 Å². The number of nitrogens with two attached hydrogens (primary N) is 1. The van der Waals surface area contributed by atoms with Crippen LogP contribution in [-0.2, 0) is 13.5 Å². The van der Waals surface area contributed by atoms with Gasteiger partial charge >= 0.3 is 0 Å². The van der Waals surface area contributed by atoms with Gasteiger partial charge in [0.2, 0.25) is 5.88 Å². The molecule has 2 rings (SSSR count). The number of nitrogen functional groups attached to an aromatic ring is 1. The third kappa shape index (κ3) is 2.89. The maximum Gasteiger partial charge on any atom is 0.241 e. The van der Waals surface area contributed by atoms with Crippen LogP contribution < -0.4 is 10.5 Å². The Morgan fingerprint density at radius 3 is 2.84 bits per heavy atom. The van der Waals surface area contributed by atoms with Gasteiger partial charge in [0.1, 0.15) is 17.3 Å². The Morgan fingerprint density at radius 2 is 2.21 bits per heavy atom. The van der Waals surface area contributed by atoms with Crippen LogP contribution in [0.15, 0.2) is 22.7 Å². The van der Waals surface area contributed by atoms with Gasteiger partial charge in [-0.3, -0.25) is 0 Å². The van der Waals surface area contributed by atoms with E-state index in [1.807, 2.05) is 0 Å². The Bertz CT molecular complexity index is 598. The lowest BCUT2D eigenvalue weighted by molar-refractivity contribution is 0.431. The van der Waals surface area contributed by atoms with E-state index in [2.05, 4.69) is 28.0 Å². The molecule has 1 aromatic carbocycles. The summed E-state index contributed by atoms with van der Waals surface area (Å²) in [7, 11) is 1.77. The first-order chi connectivity index (χ1) is 9.02. The Balaban J connectivity index is 2.30. The van der Waals surface area contributed by atoms with Crippen LogP contribution in [0.1, 0.15) is 19.0 Å². The van der Waals surface area contributed by atoms with Crippen molar-refractivity contribution in [3.8, 4) is 11.6 Å². The van der Waals surface area contributed by atoms with Crippen molar-refractivity contribution in [3.05, 3.63) is 34.2 Å². The molecular formula is C13H15BrFN3O. The van der Waals surface area contributed by atoms with Gasteiger partial charge in [-0.25, -0.2) is 9.07 Å². The number of hydrogen-bond donors (Lipinski definition) is 1. The largest absolute Gasteiger partial charge is 0.437 e. The second-order valence-electron chi connectivity index (χ2n) is 4.22. The normalized spacial score (nSPS) is 10.7. The number of halogens is 2. The van der Waals surface area contributed by atoms with Crippen LogP contribution in [0.25, 0.3) is 0 Å². The lowest BCUT2D eigenvalue weighted by Crippen LogP contribution is -1.97. The SMILES string of the molecule is CCCc1nn(C)c(Oc2ccc(F)c(Br)c2)c1N. The average Bonchev–Trinajstić information content (AvgIpc) is 2.62. The summed E-state index contributed by atoms with van der Waals surface area (Å²) in [4.78, 5) is 0. The van der Waals surface area contributed by atoms with Crippen LogP contribution in [0, 0.1) is 5.82 Å². The van der Waals surface area contributed by atoms with E-state index < -0.39 is 0 Å².